The van der Waals surface area contributed by atoms with Gasteiger partial charge in [-0.25, -0.2) is 0 Å². The van der Waals surface area contributed by atoms with Gasteiger partial charge in [-0.3, -0.25) is 9.59 Å². The smallest absolute Gasteiger partial charge is 0.126 e. The van der Waals surface area contributed by atoms with Crippen LogP contribution in [0, 0.1) is 11.8 Å². The number of esters is 1. The van der Waals surface area contributed by atoms with Crippen LogP contribution in [0.5, 0.6) is 0 Å². The molecule has 0 unspecified atom stereocenters. The number of hydrogen-bond acceptors (Lipinski definition) is 15. The third-order valence-electron chi connectivity index (χ3n) is 19.0. The van der Waals surface area contributed by atoms with Crippen LogP contribution < -0.4 is 10.6 Å². The minimum Gasteiger partial charge on any atom is -0.388 e. The molecular weight excluding hydrogens is 1050 g/mol. The summed E-state index contributed by atoms with van der Waals surface area (Å²) in [5.74, 6) is -2.27. The van der Waals surface area contributed by atoms with Crippen LogP contribution in [0.2, 0.25) is 0 Å². The van der Waals surface area contributed by atoms with Gasteiger partial charge in [0.15, 0.2) is 6.29 Å². The number of methoxy groups -OCH3 is 1. The van der Waals surface area contributed by atoms with E-state index >= 15 is 0 Å². The van der Waals surface area contributed by atoms with Crippen molar-refractivity contribution in [1.29, 1.82) is 0 Å². The first-order chi connectivity index (χ1) is 38.4. The van der Waals surface area contributed by atoms with Crippen molar-refractivity contribution in [1.82, 2.24) is 9.80 Å². The van der Waals surface area contributed by atoms with Crippen molar-refractivity contribution >= 4 is 29.7 Å². The molecule has 4 saturated heterocycles. The maximum absolute atomic E-state index is 14.5. The fraction of sp³-hybridized carbons (Fsp3) is 0.781. The number of amides is 1. The van der Waals surface area contributed by atoms with E-state index in [4.69, 9.17) is 33.2 Å². The second kappa shape index (κ2) is 30.6. The molecule has 0 saturated carbocycles. The van der Waals surface area contributed by atoms with Crippen LogP contribution in [0.3, 0.4) is 0 Å². The maximum Gasteiger partial charge on any atom is 0.126 e. The Morgan fingerprint density at radius 3 is 1.91 bits per heavy atom. The average molecular weight is 1160 g/mol. The number of carbonyl (C=O) groups is 2. The predicted octanol–water partition coefficient (Wildman–Crippen LogP) is 7.29. The molecule has 17 heteroatoms. The summed E-state index contributed by atoms with van der Waals surface area (Å²) in [5, 5.41) is 63.0. The first-order valence-electron chi connectivity index (χ1n) is 30.9. The van der Waals surface area contributed by atoms with Crippen LogP contribution in [0.1, 0.15) is 159 Å². The van der Waals surface area contributed by atoms with Crippen LogP contribution >= 0.6 is 7.26 Å². The van der Waals surface area contributed by atoms with Crippen molar-refractivity contribution < 1.29 is 68.3 Å². The van der Waals surface area contributed by atoms with Gasteiger partial charge in [0.1, 0.15) is 30.0 Å². The molecule has 0 spiro atoms. The molecule has 462 valence electrons. The van der Waals surface area contributed by atoms with E-state index < -0.39 is 97.1 Å². The molecule has 0 radical (unpaired) electrons. The van der Waals surface area contributed by atoms with Crippen molar-refractivity contribution in [3.05, 3.63) is 60.7 Å². The van der Waals surface area contributed by atoms with Gasteiger partial charge >= 0.3 is 184 Å². The molecule has 4 heterocycles. The van der Waals surface area contributed by atoms with Crippen molar-refractivity contribution in [3.63, 3.8) is 0 Å². The van der Waals surface area contributed by atoms with Crippen LogP contribution in [0.25, 0.3) is 0 Å². The first kappa shape index (κ1) is 67.5. The van der Waals surface area contributed by atoms with E-state index in [1.54, 1.807) is 46.6 Å². The summed E-state index contributed by atoms with van der Waals surface area (Å²) in [7, 11) is 3.30. The Hall–Kier alpha value is -2.67. The van der Waals surface area contributed by atoms with E-state index in [2.05, 4.69) is 60.7 Å². The molecule has 16 nitrogen and oxygen atoms in total. The standard InChI is InChI=1S/C64H107N2O14P/c1-13-54-64(9,73)58(69)46(5)66(56(67)33-27-19-17-15-14-16-18-20-28-34-81(51-41-75-42-51,49-29-23-21-24-30-49)50-31-25-22-26-32-50)39-43(2)37-62(7,72)55(80-61-57(68)52(65(10)11)35-44(3)77-61)36-53(45(4)60(71)79-54)76-40-48-38-63(8,74-12)59(70)47(6)78-48/h21-26,29-32,43-48,51-55,57-59,61,68-70,72-73,81H,13-20,27-28,33-42H2,1-12H3/t43-,44-,45-,46-,47+,48-,52+,53+,54-,55-,57-,58-,59+,61+,62-,63-,64-/m1/s1. The third-order valence-corrected chi connectivity index (χ3v) is 24.6. The van der Waals surface area contributed by atoms with E-state index in [-0.39, 0.29) is 62.8 Å². The molecule has 17 atom stereocenters. The van der Waals surface area contributed by atoms with Crippen LogP contribution in [0.15, 0.2) is 60.7 Å². The van der Waals surface area contributed by atoms with Gasteiger partial charge in [0.25, 0.3) is 0 Å². The normalized spacial score (nSPS) is 36.3. The molecule has 81 heavy (non-hydrogen) atoms. The summed E-state index contributed by atoms with van der Waals surface area (Å²) in [6.45, 7) is 17.5. The van der Waals surface area contributed by atoms with Gasteiger partial charge in [0, 0.05) is 32.5 Å². The van der Waals surface area contributed by atoms with Gasteiger partial charge in [0.05, 0.1) is 60.3 Å². The van der Waals surface area contributed by atoms with Gasteiger partial charge in [-0.2, -0.15) is 0 Å². The van der Waals surface area contributed by atoms with Crippen molar-refractivity contribution in [2.75, 3.05) is 53.7 Å². The summed E-state index contributed by atoms with van der Waals surface area (Å²) >= 11 is 0. The fourth-order valence-electron chi connectivity index (χ4n) is 13.7. The molecule has 2 aromatic rings. The number of unbranched alkanes of at least 4 members (excludes halogenated alkanes) is 8. The summed E-state index contributed by atoms with van der Waals surface area (Å²) in [4.78, 5) is 32.6. The second-order valence-corrected chi connectivity index (χ2v) is 30.2. The number of nitrogens with zero attached hydrogens (tertiary/aromatic N) is 2. The number of carbonyl (C=O) groups excluding carboxylic acids is 2. The van der Waals surface area contributed by atoms with E-state index in [1.165, 1.54) is 49.4 Å². The van der Waals surface area contributed by atoms with Crippen LogP contribution in [0.4, 0.5) is 0 Å². The van der Waals surface area contributed by atoms with Crippen molar-refractivity contribution in [2.45, 2.75) is 254 Å². The number of rotatable bonds is 23. The van der Waals surface area contributed by atoms with Crippen LogP contribution in [-0.4, -0.2) is 197 Å². The number of aliphatic hydroxyl groups is 5. The molecule has 4 aliphatic rings. The summed E-state index contributed by atoms with van der Waals surface area (Å²) in [6, 6.07) is 21.1. The minimum absolute atomic E-state index is 0.0151. The molecule has 1 amide bonds. The fourth-order valence-corrected chi connectivity index (χ4v) is 19.2. The number of ether oxygens (including phenoxy) is 7. The molecule has 6 rings (SSSR count). The zero-order valence-electron chi connectivity index (χ0n) is 51.4. The Morgan fingerprint density at radius 2 is 1.37 bits per heavy atom. The molecule has 5 N–H and O–H groups in total. The molecule has 0 bridgehead atoms. The van der Waals surface area contributed by atoms with Crippen molar-refractivity contribution in [3.8, 4) is 0 Å². The summed E-state index contributed by atoms with van der Waals surface area (Å²) in [5.41, 5.74) is -3.98. The molecule has 4 aliphatic heterocycles. The predicted molar refractivity (Wildman–Crippen MR) is 320 cm³/mol. The SMILES string of the molecule is CC[C@H]1OC(=O)[C@H](C)[C@@H](OC[C@H]2C[C@@](C)(OC)[C@@H](O)[C@H](C)O2)C[C@@H](O[C@@H]2O[C@H](C)C[C@H](N(C)C)[C@H]2O)[C@](C)(O)C[C@@H](C)CN(C(=O)CCCCCCCCCCC[PH](c2ccccc2)(c2ccccc2)C2COC2)[C@H](C)[C@@H](O)[C@]1(C)O. The number of cyclic esters (lactones) is 1. The molecule has 2 aromatic carbocycles. The Balaban J connectivity index is 1.12. The van der Waals surface area contributed by atoms with E-state index in [0.717, 1.165) is 38.9 Å². The first-order valence-corrected chi connectivity index (χ1v) is 33.2. The summed E-state index contributed by atoms with van der Waals surface area (Å²) in [6.07, 6.45) is 2.71. The molecule has 0 aliphatic carbocycles. The maximum atomic E-state index is 14.5. The zero-order valence-corrected chi connectivity index (χ0v) is 52.4. The molecule has 0 aromatic heterocycles. The topological polar surface area (TPSA) is 206 Å². The summed E-state index contributed by atoms with van der Waals surface area (Å²) < 4.78 is 43.7. The average Bonchev–Trinajstić information content (AvgIpc) is 3.42. The van der Waals surface area contributed by atoms with E-state index in [0.29, 0.717) is 24.9 Å². The number of hydrogen-bond donors (Lipinski definition) is 5. The van der Waals surface area contributed by atoms with Gasteiger partial charge in [-0.15, -0.1) is 0 Å². The Labute approximate surface area is 486 Å². The Morgan fingerprint density at radius 1 is 0.790 bits per heavy atom. The van der Waals surface area contributed by atoms with Crippen LogP contribution in [-0.2, 0) is 42.7 Å². The number of benzene rings is 2. The zero-order chi connectivity index (χ0) is 59.3. The quantitative estimate of drug-likeness (QED) is 0.0421. The van der Waals surface area contributed by atoms with Gasteiger partial charge < -0.3 is 63.8 Å². The van der Waals surface area contributed by atoms with Gasteiger partial charge in [-0.1, -0.05) is 13.8 Å². The second-order valence-electron chi connectivity index (χ2n) is 25.8. The number of aliphatic hydroxyl groups excluding tert-OH is 3. The third kappa shape index (κ3) is 17.1. The van der Waals surface area contributed by atoms with Crippen molar-refractivity contribution in [2.24, 2.45) is 11.8 Å². The minimum atomic E-state index is -2.01. The van der Waals surface area contributed by atoms with E-state index in [1.807, 2.05) is 39.8 Å². The number of likely N-dealkylation sites (N-methyl/N-ethyl adjacent to an activating group) is 1. The van der Waals surface area contributed by atoms with Gasteiger partial charge in [-0.05, 0) is 87.7 Å². The molecular formula is C64H107N2O14P. The monoisotopic (exact) mass is 1160 g/mol. The largest absolute Gasteiger partial charge is 0.388 e. The molecule has 4 fully saturated rings. The Kier molecular flexibility index (Phi) is 25.5. The Bertz CT molecular complexity index is 2150. The van der Waals surface area contributed by atoms with Gasteiger partial charge in [0.2, 0.25) is 0 Å². The van der Waals surface area contributed by atoms with E-state index in [9.17, 15) is 35.1 Å².